The van der Waals surface area contributed by atoms with E-state index in [1.165, 1.54) is 7.11 Å². The van der Waals surface area contributed by atoms with Crippen LogP contribution in [0.25, 0.3) is 17.0 Å². The molecule has 0 aliphatic carbocycles. The number of carbonyl (C=O) groups excluding carboxylic acids is 1. The van der Waals surface area contributed by atoms with Crippen LogP contribution >= 0.6 is 0 Å². The molecule has 0 atom stereocenters. The number of fused-ring (bicyclic) bond motifs is 1. The number of esters is 1. The summed E-state index contributed by atoms with van der Waals surface area (Å²) in [5.41, 5.74) is 1.76. The lowest BCUT2D eigenvalue weighted by Gasteiger charge is -2.07. The molecular weight excluding hydrogens is 270 g/mol. The lowest BCUT2D eigenvalue weighted by Crippen LogP contribution is -2.08. The molecule has 2 heterocycles. The minimum Gasteiger partial charge on any atom is -0.497 e. The summed E-state index contributed by atoms with van der Waals surface area (Å²) in [6, 6.07) is 12.6. The van der Waals surface area contributed by atoms with Gasteiger partial charge in [-0.2, -0.15) is 0 Å². The summed E-state index contributed by atoms with van der Waals surface area (Å²) >= 11 is 0. The Morgan fingerprint density at radius 1 is 1.10 bits per heavy atom. The third kappa shape index (κ3) is 2.20. The number of ether oxygens (including phenoxy) is 2. The van der Waals surface area contributed by atoms with Crippen LogP contribution in [0.15, 0.2) is 42.5 Å². The Kier molecular flexibility index (Phi) is 3.27. The molecule has 3 aromatic rings. The minimum absolute atomic E-state index is 0.373. The molecule has 0 saturated carbocycles. The number of pyridine rings is 1. The van der Waals surface area contributed by atoms with Crippen molar-refractivity contribution in [3.8, 4) is 17.1 Å². The van der Waals surface area contributed by atoms with Gasteiger partial charge in [0.15, 0.2) is 11.5 Å². The number of aromatic nitrogens is 3. The van der Waals surface area contributed by atoms with Crippen molar-refractivity contribution in [2.45, 2.75) is 0 Å². The first-order valence-corrected chi connectivity index (χ1v) is 6.31. The van der Waals surface area contributed by atoms with Crippen LogP contribution in [0.3, 0.4) is 0 Å². The molecule has 0 aliphatic rings. The van der Waals surface area contributed by atoms with E-state index in [9.17, 15) is 4.79 Å². The van der Waals surface area contributed by atoms with Gasteiger partial charge in [-0.1, -0.05) is 18.2 Å². The van der Waals surface area contributed by atoms with Crippen LogP contribution in [0.2, 0.25) is 0 Å². The van der Waals surface area contributed by atoms with Gasteiger partial charge in [-0.15, -0.1) is 10.2 Å². The maximum absolute atomic E-state index is 11.9. The first-order chi connectivity index (χ1) is 10.2. The lowest BCUT2D eigenvalue weighted by molar-refractivity contribution is 0.0592. The highest BCUT2D eigenvalue weighted by molar-refractivity contribution is 5.89. The van der Waals surface area contributed by atoms with Gasteiger partial charge in [-0.25, -0.2) is 4.79 Å². The predicted octanol–water partition coefficient (Wildman–Crippen LogP) is 2.19. The molecule has 6 heteroatoms. The molecule has 0 unspecified atom stereocenters. The highest BCUT2D eigenvalue weighted by Crippen LogP contribution is 2.24. The summed E-state index contributed by atoms with van der Waals surface area (Å²) in [7, 11) is 2.94. The average Bonchev–Trinajstić information content (AvgIpc) is 2.98. The van der Waals surface area contributed by atoms with Gasteiger partial charge in [-0.05, 0) is 24.3 Å². The molecule has 0 amide bonds. The summed E-state index contributed by atoms with van der Waals surface area (Å²) < 4.78 is 11.7. The van der Waals surface area contributed by atoms with E-state index in [1.54, 1.807) is 29.7 Å². The van der Waals surface area contributed by atoms with Crippen molar-refractivity contribution in [3.63, 3.8) is 0 Å². The van der Waals surface area contributed by atoms with Gasteiger partial charge in [0.05, 0.1) is 14.2 Å². The maximum atomic E-state index is 11.9. The van der Waals surface area contributed by atoms with Crippen LogP contribution in [0.1, 0.15) is 10.5 Å². The Morgan fingerprint density at radius 2 is 1.90 bits per heavy atom. The molecule has 6 nitrogen and oxygen atoms in total. The fourth-order valence-electron chi connectivity index (χ4n) is 2.15. The molecule has 0 spiro atoms. The highest BCUT2D eigenvalue weighted by Gasteiger charge is 2.16. The van der Waals surface area contributed by atoms with E-state index >= 15 is 0 Å². The molecule has 1 aromatic carbocycles. The van der Waals surface area contributed by atoms with Gasteiger partial charge in [0, 0.05) is 5.56 Å². The van der Waals surface area contributed by atoms with Gasteiger partial charge < -0.3 is 9.47 Å². The van der Waals surface area contributed by atoms with Gasteiger partial charge in [0.25, 0.3) is 0 Å². The number of benzene rings is 1. The fraction of sp³-hybridized carbons (Fsp3) is 0.133. The van der Waals surface area contributed by atoms with Crippen molar-refractivity contribution in [3.05, 3.63) is 48.2 Å². The molecule has 0 saturated heterocycles. The topological polar surface area (TPSA) is 65.7 Å². The van der Waals surface area contributed by atoms with Gasteiger partial charge >= 0.3 is 5.97 Å². The molecular formula is C15H13N3O3. The quantitative estimate of drug-likeness (QED) is 0.689. The smallest absolute Gasteiger partial charge is 0.355 e. The maximum Gasteiger partial charge on any atom is 0.355 e. The van der Waals surface area contributed by atoms with Crippen molar-refractivity contribution >= 4 is 11.6 Å². The van der Waals surface area contributed by atoms with Crippen LogP contribution in [0.4, 0.5) is 0 Å². The lowest BCUT2D eigenvalue weighted by atomic mass is 10.2. The Morgan fingerprint density at radius 3 is 2.67 bits per heavy atom. The van der Waals surface area contributed by atoms with Crippen LogP contribution < -0.4 is 4.74 Å². The van der Waals surface area contributed by atoms with E-state index in [2.05, 4.69) is 10.2 Å². The zero-order valence-corrected chi connectivity index (χ0v) is 11.6. The molecule has 21 heavy (non-hydrogen) atoms. The van der Waals surface area contributed by atoms with Crippen LogP contribution in [-0.2, 0) is 4.74 Å². The first kappa shape index (κ1) is 13.1. The Hall–Kier alpha value is -2.89. The Labute approximate surface area is 120 Å². The van der Waals surface area contributed by atoms with Crippen LogP contribution in [-0.4, -0.2) is 34.8 Å². The highest BCUT2D eigenvalue weighted by atomic mass is 16.5. The zero-order chi connectivity index (χ0) is 14.8. The van der Waals surface area contributed by atoms with Gasteiger partial charge in [0.2, 0.25) is 0 Å². The molecule has 106 valence electrons. The van der Waals surface area contributed by atoms with E-state index in [4.69, 9.17) is 9.47 Å². The number of hydrogen-bond donors (Lipinski definition) is 0. The molecule has 0 fully saturated rings. The first-order valence-electron chi connectivity index (χ1n) is 6.31. The van der Waals surface area contributed by atoms with E-state index in [0.29, 0.717) is 22.9 Å². The standard InChI is InChI=1S/C15H13N3O3/c1-20-11-6-3-5-10(9-11)14-17-16-13-8-4-7-12(18(13)14)15(19)21-2/h3-9H,1-2H3. The van der Waals surface area contributed by atoms with E-state index in [0.717, 1.165) is 5.56 Å². The average molecular weight is 283 g/mol. The third-order valence-corrected chi connectivity index (χ3v) is 3.15. The van der Waals surface area contributed by atoms with Crippen LogP contribution in [0.5, 0.6) is 5.75 Å². The Balaban J connectivity index is 2.25. The molecule has 0 bridgehead atoms. The monoisotopic (exact) mass is 283 g/mol. The second kappa shape index (κ2) is 5.24. The summed E-state index contributed by atoms with van der Waals surface area (Å²) in [6.45, 7) is 0. The molecule has 2 aromatic heterocycles. The predicted molar refractivity (Wildman–Crippen MR) is 76.3 cm³/mol. The Bertz CT molecular complexity index is 811. The molecule has 3 rings (SSSR count). The number of rotatable bonds is 3. The van der Waals surface area contributed by atoms with Crippen molar-refractivity contribution in [1.82, 2.24) is 14.6 Å². The van der Waals surface area contributed by atoms with Crippen molar-refractivity contribution in [2.75, 3.05) is 14.2 Å². The van der Waals surface area contributed by atoms with Crippen molar-refractivity contribution in [1.29, 1.82) is 0 Å². The second-order valence-electron chi connectivity index (χ2n) is 4.35. The van der Waals surface area contributed by atoms with E-state index < -0.39 is 5.97 Å². The van der Waals surface area contributed by atoms with Crippen molar-refractivity contribution < 1.29 is 14.3 Å². The number of methoxy groups -OCH3 is 2. The van der Waals surface area contributed by atoms with Gasteiger partial charge in [0.1, 0.15) is 11.4 Å². The summed E-state index contributed by atoms with van der Waals surface area (Å²) in [6.07, 6.45) is 0. The normalized spacial score (nSPS) is 10.6. The molecule has 0 radical (unpaired) electrons. The van der Waals surface area contributed by atoms with Crippen LogP contribution in [0, 0.1) is 0 Å². The van der Waals surface area contributed by atoms with E-state index in [-0.39, 0.29) is 0 Å². The van der Waals surface area contributed by atoms with E-state index in [1.807, 2.05) is 24.3 Å². The molecule has 0 N–H and O–H groups in total. The molecule has 0 aliphatic heterocycles. The largest absolute Gasteiger partial charge is 0.497 e. The van der Waals surface area contributed by atoms with Gasteiger partial charge in [-0.3, -0.25) is 4.40 Å². The number of hydrogen-bond acceptors (Lipinski definition) is 5. The summed E-state index contributed by atoms with van der Waals surface area (Å²) in [5, 5.41) is 8.26. The number of carbonyl (C=O) groups is 1. The minimum atomic E-state index is -0.440. The summed E-state index contributed by atoms with van der Waals surface area (Å²) in [5.74, 6) is 0.828. The fourth-order valence-corrected chi connectivity index (χ4v) is 2.15. The zero-order valence-electron chi connectivity index (χ0n) is 11.6. The SMILES string of the molecule is COC(=O)c1cccc2nnc(-c3cccc(OC)c3)n12. The third-order valence-electron chi connectivity index (χ3n) is 3.15. The van der Waals surface area contributed by atoms with Crippen molar-refractivity contribution in [2.24, 2.45) is 0 Å². The number of nitrogens with zero attached hydrogens (tertiary/aromatic N) is 3. The second-order valence-corrected chi connectivity index (χ2v) is 4.35. The summed E-state index contributed by atoms with van der Waals surface area (Å²) in [4.78, 5) is 11.9.